The van der Waals surface area contributed by atoms with Crippen LogP contribution in [0.15, 0.2) is 72.5 Å². The fraction of sp³-hybridized carbons (Fsp3) is 0.447. The van der Waals surface area contributed by atoms with Crippen molar-refractivity contribution in [3.05, 3.63) is 89.2 Å². The number of ketones is 1. The summed E-state index contributed by atoms with van der Waals surface area (Å²) < 4.78 is 29.8. The Kier molecular flexibility index (Phi) is 14.8. The van der Waals surface area contributed by atoms with Gasteiger partial charge in [-0.25, -0.2) is 0 Å². The summed E-state index contributed by atoms with van der Waals surface area (Å²) in [7, 11) is 3.04. The van der Waals surface area contributed by atoms with Gasteiger partial charge in [-0.3, -0.25) is 19.2 Å². The molecule has 9 unspecified atom stereocenters. The largest absolute Gasteiger partial charge is 0.507 e. The number of phenols is 2. The Morgan fingerprint density at radius 3 is 2.26 bits per heavy atom. The standard InChI is InChI=1S/C47H58N2O13/c1-24-15-14-16-25(2)46(57)48-32-21-34(59-23-35(51)49(9)22-31-17-12-11-13-18-31)36-37(42(32)55)41(54)29(6)44-38(36)45(56)47(8,62-44)60-20-19-33(58-10)26(3)43(61-30(7)50)28(5)40(53)27(4)39(24)52/h11-21,24,26-28,33,39-40,43,52-55H,22-23H2,1-10H3,(H,48,57)/b15-14-,20-19-,25-16-. The van der Waals surface area contributed by atoms with E-state index in [9.17, 15) is 39.6 Å². The first-order chi connectivity index (χ1) is 29.2. The van der Waals surface area contributed by atoms with Crippen LogP contribution in [0.3, 0.4) is 0 Å². The minimum atomic E-state index is -2.04. The van der Waals surface area contributed by atoms with Gasteiger partial charge in [-0.1, -0.05) is 76.3 Å². The lowest BCUT2D eigenvalue weighted by Gasteiger charge is -2.38. The lowest BCUT2D eigenvalue weighted by atomic mass is 9.78. The number of phenolic OH excluding ortho intramolecular Hbond substituents is 2. The molecule has 0 saturated heterocycles. The molecule has 9 atom stereocenters. The summed E-state index contributed by atoms with van der Waals surface area (Å²) in [5, 5.41) is 48.6. The summed E-state index contributed by atoms with van der Waals surface area (Å²) in [4.78, 5) is 55.4. The second kappa shape index (κ2) is 19.4. The minimum Gasteiger partial charge on any atom is -0.507 e. The van der Waals surface area contributed by atoms with Gasteiger partial charge >= 0.3 is 11.8 Å². The molecule has 3 aromatic carbocycles. The van der Waals surface area contributed by atoms with Crippen molar-refractivity contribution >= 4 is 40.0 Å². The van der Waals surface area contributed by atoms with E-state index in [0.29, 0.717) is 0 Å². The van der Waals surface area contributed by atoms with Gasteiger partial charge in [0.25, 0.3) is 17.6 Å². The van der Waals surface area contributed by atoms with Gasteiger partial charge in [0.15, 0.2) is 12.4 Å². The number of allylic oxidation sites excluding steroid dienone is 2. The van der Waals surface area contributed by atoms with Crippen LogP contribution in [-0.2, 0) is 35.1 Å². The van der Waals surface area contributed by atoms with Crippen LogP contribution in [-0.4, -0.2) is 99.9 Å². The molecule has 3 aliphatic heterocycles. The average molecular weight is 859 g/mol. The Labute approximate surface area is 361 Å². The van der Waals surface area contributed by atoms with Crippen LogP contribution in [0.5, 0.6) is 23.0 Å². The number of likely N-dealkylation sites (N-methyl/N-ethyl adjacent to an activating group) is 1. The molecule has 0 spiro atoms. The van der Waals surface area contributed by atoms with Crippen LogP contribution in [0.2, 0.25) is 0 Å². The molecule has 62 heavy (non-hydrogen) atoms. The molecular weight excluding hydrogens is 801 g/mol. The maximum Gasteiger partial charge on any atom is 0.312 e. The third-order valence-electron chi connectivity index (χ3n) is 11.9. The fourth-order valence-corrected chi connectivity index (χ4v) is 7.94. The van der Waals surface area contributed by atoms with Crippen molar-refractivity contribution in [3.8, 4) is 23.0 Å². The SMILES string of the molecule is COC1/C=C\OC2(C)Oc3c(C)c(O)c4c(O)c(cc(OCC(=O)N(C)Cc5ccccc5)c4c3C2=O)NC(=O)/C(C)=C\C=C/C(C)C(O)C(C)C(O)C(C)C(OC(C)=O)C1C. The molecule has 5 bridgehead atoms. The molecule has 15 heteroatoms. The van der Waals surface area contributed by atoms with E-state index in [2.05, 4.69) is 5.32 Å². The monoisotopic (exact) mass is 858 g/mol. The van der Waals surface area contributed by atoms with Crippen LogP contribution in [0.25, 0.3) is 10.8 Å². The first kappa shape index (κ1) is 47.2. The molecule has 0 aliphatic carbocycles. The van der Waals surface area contributed by atoms with Crippen LogP contribution in [0, 0.1) is 30.6 Å². The second-order valence-corrected chi connectivity index (χ2v) is 16.4. The van der Waals surface area contributed by atoms with Crippen molar-refractivity contribution in [1.29, 1.82) is 0 Å². The van der Waals surface area contributed by atoms with Crippen LogP contribution in [0.4, 0.5) is 5.69 Å². The van der Waals surface area contributed by atoms with Crippen LogP contribution >= 0.6 is 0 Å². The normalized spacial score (nSPS) is 28.9. The number of amides is 2. The molecule has 3 aliphatic rings. The van der Waals surface area contributed by atoms with Gasteiger partial charge in [-0.05, 0) is 25.5 Å². The Balaban J connectivity index is 1.65. The number of benzene rings is 3. The molecule has 0 fully saturated rings. The number of nitrogens with one attached hydrogen (secondary N) is 1. The van der Waals surface area contributed by atoms with E-state index in [4.69, 9.17) is 23.7 Å². The highest BCUT2D eigenvalue weighted by atomic mass is 16.7. The molecule has 0 radical (unpaired) electrons. The van der Waals surface area contributed by atoms with E-state index in [1.54, 1.807) is 46.9 Å². The maximum absolute atomic E-state index is 14.6. The molecule has 0 saturated carbocycles. The number of fused-ring (bicyclic) bond motifs is 14. The summed E-state index contributed by atoms with van der Waals surface area (Å²) in [6, 6.07) is 10.6. The molecule has 334 valence electrons. The molecular formula is C47H58N2O13. The molecule has 0 aromatic heterocycles. The van der Waals surface area contributed by atoms with E-state index in [1.165, 1.54) is 64.2 Å². The predicted molar refractivity (Wildman–Crippen MR) is 231 cm³/mol. The van der Waals surface area contributed by atoms with Crippen LogP contribution in [0.1, 0.15) is 70.0 Å². The van der Waals surface area contributed by atoms with Gasteiger partial charge in [-0.15, -0.1) is 0 Å². The van der Waals surface area contributed by atoms with Gasteiger partial charge < -0.3 is 54.3 Å². The highest BCUT2D eigenvalue weighted by molar-refractivity contribution is 6.21. The number of anilines is 1. The van der Waals surface area contributed by atoms with E-state index < -0.39 is 95.5 Å². The first-order valence-electron chi connectivity index (χ1n) is 20.5. The zero-order valence-corrected chi connectivity index (χ0v) is 36.8. The minimum absolute atomic E-state index is 0.0676. The zero-order valence-electron chi connectivity index (χ0n) is 36.8. The molecule has 2 amide bonds. The summed E-state index contributed by atoms with van der Waals surface area (Å²) in [5.74, 6) is -8.21. The fourth-order valence-electron chi connectivity index (χ4n) is 7.94. The maximum atomic E-state index is 14.6. The number of aliphatic hydroxyl groups excluding tert-OH is 2. The van der Waals surface area contributed by atoms with Gasteiger partial charge in [0.2, 0.25) is 0 Å². The van der Waals surface area contributed by atoms with E-state index in [-0.39, 0.29) is 51.2 Å². The molecule has 15 nitrogen and oxygen atoms in total. The van der Waals surface area contributed by atoms with Crippen molar-refractivity contribution < 1.29 is 63.3 Å². The number of aromatic hydroxyl groups is 2. The van der Waals surface area contributed by atoms with Gasteiger partial charge in [0.1, 0.15) is 23.4 Å². The number of aliphatic hydroxyl groups is 2. The Bertz CT molecular complexity index is 2270. The third-order valence-corrected chi connectivity index (χ3v) is 11.9. The highest BCUT2D eigenvalue weighted by Crippen LogP contribution is 2.54. The van der Waals surface area contributed by atoms with Crippen molar-refractivity contribution in [2.45, 2.75) is 92.1 Å². The van der Waals surface area contributed by atoms with Gasteiger partial charge in [0.05, 0.1) is 41.2 Å². The molecule has 3 heterocycles. The van der Waals surface area contributed by atoms with Crippen molar-refractivity contribution in [2.75, 3.05) is 26.1 Å². The second-order valence-electron chi connectivity index (χ2n) is 16.4. The number of ether oxygens (including phenoxy) is 5. The number of hydrogen-bond acceptors (Lipinski definition) is 13. The average Bonchev–Trinajstić information content (AvgIpc) is 3.50. The number of Topliss-reactive ketones (excluding diaryl/α,β-unsaturated/α-hetero) is 1. The number of methoxy groups -OCH3 is 1. The number of carbonyl (C=O) groups is 4. The summed E-state index contributed by atoms with van der Waals surface area (Å²) in [5.41, 5.74) is 0.823. The quantitative estimate of drug-likeness (QED) is 0.135. The van der Waals surface area contributed by atoms with E-state index in [0.717, 1.165) is 5.56 Å². The Hall–Kier alpha value is -5.90. The van der Waals surface area contributed by atoms with Crippen molar-refractivity contribution in [3.63, 3.8) is 0 Å². The number of rotatable bonds is 7. The lowest BCUT2D eigenvalue weighted by molar-refractivity contribution is -0.160. The first-order valence-corrected chi connectivity index (χ1v) is 20.5. The Morgan fingerprint density at radius 1 is 0.935 bits per heavy atom. The number of nitrogens with zero attached hydrogens (tertiary/aromatic N) is 1. The van der Waals surface area contributed by atoms with E-state index in [1.807, 2.05) is 30.3 Å². The van der Waals surface area contributed by atoms with E-state index >= 15 is 0 Å². The summed E-state index contributed by atoms with van der Waals surface area (Å²) >= 11 is 0. The third kappa shape index (κ3) is 9.75. The molecule has 6 rings (SSSR count). The van der Waals surface area contributed by atoms with Crippen molar-refractivity contribution in [1.82, 2.24) is 4.90 Å². The summed E-state index contributed by atoms with van der Waals surface area (Å²) in [6.45, 7) is 12.3. The predicted octanol–water partition coefficient (Wildman–Crippen LogP) is 6.09. The number of esters is 1. The topological polar surface area (TPSA) is 211 Å². The summed E-state index contributed by atoms with van der Waals surface area (Å²) in [6.07, 6.45) is 3.56. The number of hydrogen-bond donors (Lipinski definition) is 5. The highest BCUT2D eigenvalue weighted by Gasteiger charge is 2.50. The molecule has 3 aromatic rings. The van der Waals surface area contributed by atoms with Crippen molar-refractivity contribution in [2.24, 2.45) is 23.7 Å². The number of carbonyl (C=O) groups excluding carboxylic acids is 4. The van der Waals surface area contributed by atoms with Crippen LogP contribution < -0.4 is 14.8 Å². The smallest absolute Gasteiger partial charge is 0.312 e. The van der Waals surface area contributed by atoms with Gasteiger partial charge in [-0.2, -0.15) is 0 Å². The Morgan fingerprint density at radius 2 is 1.61 bits per heavy atom. The molecule has 5 N–H and O–H groups in total. The zero-order chi connectivity index (χ0) is 45.8. The van der Waals surface area contributed by atoms with Gasteiger partial charge in [0, 0.05) is 80.8 Å². The lowest BCUT2D eigenvalue weighted by Crippen LogP contribution is -2.46.